The van der Waals surface area contributed by atoms with Crippen molar-refractivity contribution in [1.29, 1.82) is 0 Å². The fourth-order valence-corrected chi connectivity index (χ4v) is 1.53. The minimum atomic E-state index is 0.0875. The molecule has 5 heteroatoms. The van der Waals surface area contributed by atoms with Gasteiger partial charge in [0.1, 0.15) is 12.2 Å². The molecule has 0 aromatic carbocycles. The Balaban J connectivity index is 1.42. The number of ether oxygens (including phenoxy) is 5. The first-order chi connectivity index (χ1) is 8.24. The van der Waals surface area contributed by atoms with Gasteiger partial charge in [0.05, 0.1) is 51.8 Å². The number of hydrogen-bond acceptors (Lipinski definition) is 5. The van der Waals surface area contributed by atoms with Crippen molar-refractivity contribution in [2.24, 2.45) is 0 Å². The lowest BCUT2D eigenvalue weighted by Crippen LogP contribution is -2.26. The highest BCUT2D eigenvalue weighted by Gasteiger charge is 2.23. The van der Waals surface area contributed by atoms with Crippen molar-refractivity contribution in [3.8, 4) is 0 Å². The van der Waals surface area contributed by atoms with E-state index in [1.165, 1.54) is 0 Å². The Labute approximate surface area is 102 Å². The maximum Gasteiger partial charge on any atom is 0.104 e. The minimum absolute atomic E-state index is 0.0875. The summed E-state index contributed by atoms with van der Waals surface area (Å²) >= 11 is 0. The average Bonchev–Trinajstić information content (AvgIpc) is 3.12. The molecule has 2 aliphatic rings. The number of hydrogen-bond donors (Lipinski definition) is 0. The van der Waals surface area contributed by atoms with Gasteiger partial charge in [0.2, 0.25) is 0 Å². The van der Waals surface area contributed by atoms with Crippen LogP contribution in [0, 0.1) is 0 Å². The maximum atomic E-state index is 5.72. The van der Waals surface area contributed by atoms with Crippen LogP contribution in [0.3, 0.4) is 0 Å². The topological polar surface area (TPSA) is 52.8 Å². The number of epoxide rings is 2. The summed E-state index contributed by atoms with van der Waals surface area (Å²) in [6.45, 7) is 8.26. The molecule has 0 amide bonds. The molecular formula is C12H22O5. The second-order valence-corrected chi connectivity index (χ2v) is 4.74. The van der Waals surface area contributed by atoms with Crippen LogP contribution >= 0.6 is 0 Å². The molecule has 17 heavy (non-hydrogen) atoms. The highest BCUT2D eigenvalue weighted by Crippen LogP contribution is 2.10. The summed E-state index contributed by atoms with van der Waals surface area (Å²) in [5.74, 6) is 0. The van der Waals surface area contributed by atoms with Gasteiger partial charge < -0.3 is 23.7 Å². The fraction of sp³-hybridized carbons (Fsp3) is 1.00. The van der Waals surface area contributed by atoms with Gasteiger partial charge in [-0.3, -0.25) is 0 Å². The zero-order valence-electron chi connectivity index (χ0n) is 10.6. The Morgan fingerprint density at radius 1 is 0.941 bits per heavy atom. The molecule has 0 radical (unpaired) electrons. The van der Waals surface area contributed by atoms with Gasteiger partial charge in [-0.05, 0) is 13.8 Å². The van der Waals surface area contributed by atoms with Gasteiger partial charge in [-0.2, -0.15) is 0 Å². The van der Waals surface area contributed by atoms with E-state index in [1.54, 1.807) is 0 Å². The zero-order valence-corrected chi connectivity index (χ0v) is 10.6. The van der Waals surface area contributed by atoms with Gasteiger partial charge in [-0.15, -0.1) is 0 Å². The molecule has 2 fully saturated rings. The molecule has 0 aliphatic carbocycles. The second kappa shape index (κ2) is 6.66. The van der Waals surface area contributed by atoms with Crippen molar-refractivity contribution < 1.29 is 23.7 Å². The van der Waals surface area contributed by atoms with E-state index in [9.17, 15) is 0 Å². The van der Waals surface area contributed by atoms with E-state index in [2.05, 4.69) is 0 Å². The molecule has 2 rings (SSSR count). The van der Waals surface area contributed by atoms with Gasteiger partial charge in [-0.25, -0.2) is 0 Å². The Bertz CT molecular complexity index is 193. The van der Waals surface area contributed by atoms with Crippen molar-refractivity contribution in [3.63, 3.8) is 0 Å². The van der Waals surface area contributed by atoms with Crippen molar-refractivity contribution in [2.45, 2.75) is 38.3 Å². The van der Waals surface area contributed by atoms with Gasteiger partial charge in [0.15, 0.2) is 0 Å². The van der Waals surface area contributed by atoms with Gasteiger partial charge >= 0.3 is 0 Å². The van der Waals surface area contributed by atoms with Crippen molar-refractivity contribution in [2.75, 3.05) is 39.6 Å². The summed E-state index contributed by atoms with van der Waals surface area (Å²) in [6.07, 6.45) is 0.817. The van der Waals surface area contributed by atoms with Crippen LogP contribution in [0.5, 0.6) is 0 Å². The molecule has 2 aliphatic heterocycles. The lowest BCUT2D eigenvalue weighted by Gasteiger charge is -2.19. The molecule has 0 aromatic rings. The molecule has 100 valence electrons. The summed E-state index contributed by atoms with van der Waals surface area (Å²) in [5.41, 5.74) is 0. The Kier molecular flexibility index (Phi) is 5.18. The quantitative estimate of drug-likeness (QED) is 0.529. The Hall–Kier alpha value is -0.200. The van der Waals surface area contributed by atoms with Crippen LogP contribution in [0.1, 0.15) is 13.8 Å². The number of rotatable bonds is 10. The van der Waals surface area contributed by atoms with Crippen LogP contribution in [-0.2, 0) is 23.7 Å². The molecule has 0 N–H and O–H groups in total. The fourth-order valence-electron chi connectivity index (χ4n) is 1.53. The average molecular weight is 246 g/mol. The first-order valence-corrected chi connectivity index (χ1v) is 6.28. The lowest BCUT2D eigenvalue weighted by atomic mass is 10.4. The molecule has 4 atom stereocenters. The summed E-state index contributed by atoms with van der Waals surface area (Å²) < 4.78 is 26.8. The summed E-state index contributed by atoms with van der Waals surface area (Å²) in [5, 5.41) is 0. The van der Waals surface area contributed by atoms with Crippen LogP contribution < -0.4 is 0 Å². The minimum Gasteiger partial charge on any atom is -0.376 e. The van der Waals surface area contributed by atoms with Crippen molar-refractivity contribution in [3.05, 3.63) is 0 Å². The van der Waals surface area contributed by atoms with Crippen LogP contribution in [0.4, 0.5) is 0 Å². The third-order valence-corrected chi connectivity index (χ3v) is 2.58. The maximum absolute atomic E-state index is 5.72. The van der Waals surface area contributed by atoms with Crippen molar-refractivity contribution in [1.82, 2.24) is 0 Å². The Morgan fingerprint density at radius 3 is 1.71 bits per heavy atom. The SMILES string of the molecule is C[C@H](COC[C@@H]1CO1)O[C@H](C)COC[C@@H]1CO1. The van der Waals surface area contributed by atoms with Gasteiger partial charge in [0, 0.05) is 0 Å². The third-order valence-electron chi connectivity index (χ3n) is 2.58. The highest BCUT2D eigenvalue weighted by molar-refractivity contribution is 4.68. The van der Waals surface area contributed by atoms with Gasteiger partial charge in [0.25, 0.3) is 0 Å². The molecule has 5 nitrogen and oxygen atoms in total. The molecule has 0 aromatic heterocycles. The van der Waals surface area contributed by atoms with E-state index in [4.69, 9.17) is 23.7 Å². The summed E-state index contributed by atoms with van der Waals surface area (Å²) in [4.78, 5) is 0. The molecular weight excluding hydrogens is 224 g/mol. The smallest absolute Gasteiger partial charge is 0.104 e. The van der Waals surface area contributed by atoms with Gasteiger partial charge in [-0.1, -0.05) is 0 Å². The molecule has 2 saturated heterocycles. The summed E-state index contributed by atoms with van der Waals surface area (Å²) in [7, 11) is 0. The predicted molar refractivity (Wildman–Crippen MR) is 61.1 cm³/mol. The predicted octanol–water partition coefficient (Wildman–Crippen LogP) is 0.611. The normalized spacial score (nSPS) is 30.0. The first kappa shape index (κ1) is 13.2. The highest BCUT2D eigenvalue weighted by atomic mass is 16.6. The van der Waals surface area contributed by atoms with Crippen LogP contribution in [0.25, 0.3) is 0 Å². The second-order valence-electron chi connectivity index (χ2n) is 4.74. The van der Waals surface area contributed by atoms with E-state index in [0.29, 0.717) is 38.6 Å². The van der Waals surface area contributed by atoms with E-state index in [0.717, 1.165) is 13.2 Å². The molecule has 0 bridgehead atoms. The van der Waals surface area contributed by atoms with E-state index < -0.39 is 0 Å². The van der Waals surface area contributed by atoms with Crippen LogP contribution in [0.2, 0.25) is 0 Å². The van der Waals surface area contributed by atoms with Crippen LogP contribution in [0.15, 0.2) is 0 Å². The molecule has 0 saturated carbocycles. The molecule has 0 spiro atoms. The van der Waals surface area contributed by atoms with E-state index >= 15 is 0 Å². The molecule has 2 heterocycles. The van der Waals surface area contributed by atoms with Crippen molar-refractivity contribution >= 4 is 0 Å². The summed E-state index contributed by atoms with van der Waals surface area (Å²) in [6, 6.07) is 0. The van der Waals surface area contributed by atoms with E-state index in [1.807, 2.05) is 13.8 Å². The lowest BCUT2D eigenvalue weighted by molar-refractivity contribution is -0.0727. The molecule has 0 unspecified atom stereocenters. The first-order valence-electron chi connectivity index (χ1n) is 6.28. The van der Waals surface area contributed by atoms with E-state index in [-0.39, 0.29) is 12.2 Å². The standard InChI is InChI=1S/C12H22O5/c1-9(3-13-5-11-7-15-11)17-10(2)4-14-6-12-8-16-12/h9-12H,3-8H2,1-2H3/t9-,10-,11-,12-/m1/s1. The zero-order chi connectivity index (χ0) is 12.1. The largest absolute Gasteiger partial charge is 0.376 e. The Morgan fingerprint density at radius 2 is 1.35 bits per heavy atom. The third kappa shape index (κ3) is 6.33. The van der Waals surface area contributed by atoms with Crippen LogP contribution in [-0.4, -0.2) is 64.1 Å². The monoisotopic (exact) mass is 246 g/mol.